The Kier molecular flexibility index (Phi) is 5.42. The van der Waals surface area contributed by atoms with Crippen LogP contribution in [0.1, 0.15) is 5.56 Å². The summed E-state index contributed by atoms with van der Waals surface area (Å²) in [5.74, 6) is -0.541. The van der Waals surface area contributed by atoms with E-state index in [0.29, 0.717) is 27.5 Å². The molecule has 1 saturated heterocycles. The fourth-order valence-electron chi connectivity index (χ4n) is 3.01. The van der Waals surface area contributed by atoms with E-state index in [1.54, 1.807) is 55.6 Å². The number of fused-ring (bicyclic) bond motifs is 1. The molecule has 150 valence electrons. The number of carbonyl (C=O) groups excluding carboxylic acids is 2. The maximum Gasteiger partial charge on any atom is 0.270 e. The summed E-state index contributed by atoms with van der Waals surface area (Å²) in [6.45, 7) is 0. The fourth-order valence-corrected chi connectivity index (χ4v) is 3.62. The lowest BCUT2D eigenvalue weighted by Crippen LogP contribution is -2.54. The molecule has 4 rings (SSSR count). The van der Waals surface area contributed by atoms with Crippen LogP contribution in [0.25, 0.3) is 17.0 Å². The van der Waals surface area contributed by atoms with Gasteiger partial charge >= 0.3 is 0 Å². The number of hydrogen-bond acceptors (Lipinski definition) is 5. The lowest BCUT2D eigenvalue weighted by atomic mass is 10.1. The summed E-state index contributed by atoms with van der Waals surface area (Å²) in [5, 5.41) is 3.94. The van der Waals surface area contributed by atoms with E-state index in [1.807, 2.05) is 0 Å². The van der Waals surface area contributed by atoms with Crippen molar-refractivity contribution in [2.75, 3.05) is 12.0 Å². The van der Waals surface area contributed by atoms with E-state index >= 15 is 0 Å². The van der Waals surface area contributed by atoms with Crippen molar-refractivity contribution in [2.24, 2.45) is 0 Å². The zero-order chi connectivity index (χ0) is 21.4. The number of halogens is 2. The third-order valence-electron chi connectivity index (χ3n) is 4.49. The van der Waals surface area contributed by atoms with Gasteiger partial charge in [0, 0.05) is 16.0 Å². The summed E-state index contributed by atoms with van der Waals surface area (Å²) < 4.78 is 5.23. The average molecular weight is 458 g/mol. The Morgan fingerprint density at radius 2 is 1.83 bits per heavy atom. The third-order valence-corrected chi connectivity index (χ3v) is 5.33. The Morgan fingerprint density at radius 3 is 2.53 bits per heavy atom. The Morgan fingerprint density at radius 1 is 1.10 bits per heavy atom. The monoisotopic (exact) mass is 457 g/mol. The first-order valence-electron chi connectivity index (χ1n) is 8.68. The predicted molar refractivity (Wildman–Crippen MR) is 121 cm³/mol. The van der Waals surface area contributed by atoms with Gasteiger partial charge in [0.15, 0.2) is 5.11 Å². The molecule has 1 aliphatic rings. The molecule has 0 bridgehead atoms. The van der Waals surface area contributed by atoms with Crippen molar-refractivity contribution in [3.63, 3.8) is 0 Å². The van der Waals surface area contributed by atoms with E-state index in [2.05, 4.69) is 10.3 Å². The molecular weight excluding hydrogens is 445 g/mol. The molecule has 6 nitrogen and oxygen atoms in total. The molecule has 0 unspecified atom stereocenters. The quantitative estimate of drug-likeness (QED) is 0.273. The van der Waals surface area contributed by atoms with Crippen LogP contribution in [-0.2, 0) is 9.59 Å². The van der Waals surface area contributed by atoms with E-state index in [0.717, 1.165) is 5.39 Å². The Bertz CT molecular complexity index is 1240. The van der Waals surface area contributed by atoms with Gasteiger partial charge in [-0.2, -0.15) is 0 Å². The molecule has 2 heterocycles. The highest BCUT2D eigenvalue weighted by Gasteiger charge is 2.34. The molecule has 30 heavy (non-hydrogen) atoms. The van der Waals surface area contributed by atoms with Crippen LogP contribution in [0.15, 0.2) is 54.1 Å². The number of rotatable bonds is 3. The van der Waals surface area contributed by atoms with E-state index in [1.165, 1.54) is 11.0 Å². The summed E-state index contributed by atoms with van der Waals surface area (Å²) in [6.07, 6.45) is 1.40. The molecule has 0 aliphatic carbocycles. The van der Waals surface area contributed by atoms with Crippen molar-refractivity contribution in [2.45, 2.75) is 0 Å². The van der Waals surface area contributed by atoms with Crippen LogP contribution in [0.5, 0.6) is 5.75 Å². The van der Waals surface area contributed by atoms with Crippen molar-refractivity contribution in [1.82, 2.24) is 10.3 Å². The summed E-state index contributed by atoms with van der Waals surface area (Å²) in [4.78, 5) is 31.2. The van der Waals surface area contributed by atoms with E-state index in [9.17, 15) is 9.59 Å². The van der Waals surface area contributed by atoms with Gasteiger partial charge in [-0.25, -0.2) is 4.98 Å². The smallest absolute Gasteiger partial charge is 0.270 e. The number of aromatic nitrogens is 1. The normalized spacial score (nSPS) is 15.6. The minimum absolute atomic E-state index is 0.0167. The highest BCUT2D eigenvalue weighted by Crippen LogP contribution is 2.28. The largest absolute Gasteiger partial charge is 0.497 e. The predicted octanol–water partition coefficient (Wildman–Crippen LogP) is 4.38. The number of benzene rings is 2. The number of amides is 2. The second kappa shape index (κ2) is 8.02. The van der Waals surface area contributed by atoms with Crippen LogP contribution in [0.2, 0.25) is 10.2 Å². The molecule has 9 heteroatoms. The molecule has 3 aromatic rings. The van der Waals surface area contributed by atoms with Crippen molar-refractivity contribution in [3.05, 3.63) is 69.8 Å². The number of anilines is 1. The summed E-state index contributed by atoms with van der Waals surface area (Å²) in [6, 6.07) is 13.6. The van der Waals surface area contributed by atoms with Crippen LogP contribution in [-0.4, -0.2) is 29.0 Å². The van der Waals surface area contributed by atoms with E-state index in [4.69, 9.17) is 40.2 Å². The first-order valence-corrected chi connectivity index (χ1v) is 9.85. The van der Waals surface area contributed by atoms with Gasteiger partial charge in [0.05, 0.1) is 18.3 Å². The maximum atomic E-state index is 13.1. The van der Waals surface area contributed by atoms with Gasteiger partial charge in [0.25, 0.3) is 11.8 Å². The highest BCUT2D eigenvalue weighted by atomic mass is 35.5. The zero-order valence-electron chi connectivity index (χ0n) is 15.5. The number of carbonyl (C=O) groups is 2. The van der Waals surface area contributed by atoms with Crippen LogP contribution in [0.3, 0.4) is 0 Å². The average Bonchev–Trinajstić information content (AvgIpc) is 2.72. The molecule has 0 radical (unpaired) electrons. The topological polar surface area (TPSA) is 71.5 Å². The van der Waals surface area contributed by atoms with Gasteiger partial charge in [-0.15, -0.1) is 0 Å². The van der Waals surface area contributed by atoms with Crippen molar-refractivity contribution >= 4 is 75.0 Å². The fraction of sp³-hybridized carbons (Fsp3) is 0.0476. The number of methoxy groups -OCH3 is 1. The maximum absolute atomic E-state index is 13.1. The van der Waals surface area contributed by atoms with Crippen LogP contribution >= 0.6 is 35.4 Å². The Labute approximate surface area is 187 Å². The van der Waals surface area contributed by atoms with Crippen LogP contribution in [0, 0.1) is 0 Å². The summed E-state index contributed by atoms with van der Waals surface area (Å²) >= 11 is 17.4. The zero-order valence-corrected chi connectivity index (χ0v) is 17.8. The highest BCUT2D eigenvalue weighted by molar-refractivity contribution is 7.80. The minimum Gasteiger partial charge on any atom is -0.497 e. The van der Waals surface area contributed by atoms with Crippen LogP contribution in [0.4, 0.5) is 5.69 Å². The summed E-state index contributed by atoms with van der Waals surface area (Å²) in [5.41, 5.74) is 1.43. The van der Waals surface area contributed by atoms with Crippen molar-refractivity contribution in [3.8, 4) is 5.75 Å². The molecule has 0 saturated carbocycles. The number of hydrogen-bond donors (Lipinski definition) is 1. The van der Waals surface area contributed by atoms with Gasteiger partial charge in [-0.1, -0.05) is 23.2 Å². The summed E-state index contributed by atoms with van der Waals surface area (Å²) in [7, 11) is 1.56. The molecule has 1 aliphatic heterocycles. The Balaban J connectivity index is 1.78. The van der Waals surface area contributed by atoms with Crippen molar-refractivity contribution < 1.29 is 14.3 Å². The van der Waals surface area contributed by atoms with Gasteiger partial charge in [0.2, 0.25) is 0 Å². The Hall–Kier alpha value is -3.00. The number of nitrogens with one attached hydrogen (secondary N) is 1. The lowest BCUT2D eigenvalue weighted by Gasteiger charge is -2.29. The molecule has 1 fully saturated rings. The molecule has 0 spiro atoms. The second-order valence-electron chi connectivity index (χ2n) is 6.36. The lowest BCUT2D eigenvalue weighted by molar-refractivity contribution is -0.122. The number of thiocarbonyl (C=S) groups is 1. The first-order chi connectivity index (χ1) is 14.4. The van der Waals surface area contributed by atoms with Crippen molar-refractivity contribution in [1.29, 1.82) is 0 Å². The molecule has 1 aromatic heterocycles. The SMILES string of the molecule is COc1ccc2nc(Cl)c(/C=C3\C(=O)NC(=S)N(c4ccc(Cl)cc4)C3=O)cc2c1. The van der Waals surface area contributed by atoms with Gasteiger partial charge in [-0.3, -0.25) is 19.8 Å². The number of nitrogens with zero attached hydrogens (tertiary/aromatic N) is 2. The van der Waals surface area contributed by atoms with Gasteiger partial charge < -0.3 is 4.74 Å². The number of pyridine rings is 1. The molecule has 2 aromatic carbocycles. The second-order valence-corrected chi connectivity index (χ2v) is 7.54. The third kappa shape index (κ3) is 3.75. The van der Waals surface area contributed by atoms with E-state index < -0.39 is 11.8 Å². The van der Waals surface area contributed by atoms with Gasteiger partial charge in [-0.05, 0) is 66.8 Å². The molecule has 0 atom stereocenters. The number of ether oxygens (including phenoxy) is 1. The first kappa shape index (κ1) is 20.3. The van der Waals surface area contributed by atoms with E-state index in [-0.39, 0.29) is 15.8 Å². The van der Waals surface area contributed by atoms with Crippen LogP contribution < -0.4 is 15.0 Å². The minimum atomic E-state index is -0.614. The van der Waals surface area contributed by atoms with Gasteiger partial charge in [0.1, 0.15) is 16.5 Å². The molecule has 1 N–H and O–H groups in total. The molecule has 2 amide bonds. The standard InChI is InChI=1S/C21H13Cl2N3O3S/c1-29-15-6-7-17-11(9-15)8-12(18(23)24-17)10-16-19(27)25-21(30)26(20(16)28)14-4-2-13(22)3-5-14/h2-10H,1H3,(H,25,27,30)/b16-10+. The molecular formula is C21H13Cl2N3O3S.